The van der Waals surface area contributed by atoms with Gasteiger partial charge in [0.05, 0.1) is 0 Å². The molecule has 1 aromatic heterocycles. The Labute approximate surface area is 104 Å². The van der Waals surface area contributed by atoms with Crippen molar-refractivity contribution < 1.29 is 4.74 Å². The number of nitrogens with zero attached hydrogens (tertiary/aromatic N) is 2. The maximum atomic E-state index is 5.44. The molecule has 17 heavy (non-hydrogen) atoms. The summed E-state index contributed by atoms with van der Waals surface area (Å²) in [5, 5.41) is 3.24. The van der Waals surface area contributed by atoms with Gasteiger partial charge in [0, 0.05) is 25.4 Å². The van der Waals surface area contributed by atoms with Gasteiger partial charge in [0.1, 0.15) is 11.4 Å². The van der Waals surface area contributed by atoms with Crippen molar-refractivity contribution in [1.29, 1.82) is 0 Å². The van der Waals surface area contributed by atoms with Gasteiger partial charge in [0.15, 0.2) is 5.82 Å². The van der Waals surface area contributed by atoms with Crippen LogP contribution in [-0.4, -0.2) is 23.6 Å². The van der Waals surface area contributed by atoms with Crippen LogP contribution in [0, 0.1) is 0 Å². The highest BCUT2D eigenvalue weighted by molar-refractivity contribution is 5.36. The summed E-state index contributed by atoms with van der Waals surface area (Å²) in [6.07, 6.45) is 2.04. The Morgan fingerprint density at radius 1 is 1.29 bits per heavy atom. The Morgan fingerprint density at radius 2 is 2.00 bits per heavy atom. The number of hydrogen-bond donors (Lipinski definition) is 1. The zero-order valence-corrected chi connectivity index (χ0v) is 11.5. The number of aromatic nitrogens is 2. The van der Waals surface area contributed by atoms with Gasteiger partial charge in [-0.25, -0.2) is 9.97 Å². The van der Waals surface area contributed by atoms with E-state index in [1.165, 1.54) is 0 Å². The van der Waals surface area contributed by atoms with Crippen molar-refractivity contribution in [2.75, 3.05) is 19.0 Å². The first-order chi connectivity index (χ1) is 8.03. The molecular weight excluding hydrogens is 214 g/mol. The second-order valence-electron chi connectivity index (χ2n) is 4.56. The monoisotopic (exact) mass is 237 g/mol. The third-order valence-corrected chi connectivity index (χ3v) is 2.69. The predicted molar refractivity (Wildman–Crippen MR) is 70.2 cm³/mol. The first kappa shape index (κ1) is 13.9. The first-order valence-corrected chi connectivity index (χ1v) is 6.21. The van der Waals surface area contributed by atoms with E-state index in [4.69, 9.17) is 4.74 Å². The summed E-state index contributed by atoms with van der Waals surface area (Å²) < 4.78 is 5.44. The van der Waals surface area contributed by atoms with Crippen LogP contribution >= 0.6 is 0 Å². The van der Waals surface area contributed by atoms with Gasteiger partial charge < -0.3 is 10.1 Å². The second kappa shape index (κ2) is 5.96. The Balaban J connectivity index is 3.11. The van der Waals surface area contributed by atoms with Gasteiger partial charge in [-0.1, -0.05) is 13.3 Å². The number of anilines is 1. The lowest BCUT2D eigenvalue weighted by Crippen LogP contribution is -2.24. The number of hydrogen-bond acceptors (Lipinski definition) is 4. The molecule has 0 amide bonds. The normalized spacial score (nSPS) is 11.6. The van der Waals surface area contributed by atoms with Crippen LogP contribution in [0.4, 0.5) is 5.82 Å². The van der Waals surface area contributed by atoms with Crippen molar-refractivity contribution >= 4 is 5.82 Å². The number of rotatable bonds is 6. The lowest BCUT2D eigenvalue weighted by Gasteiger charge is -2.22. The van der Waals surface area contributed by atoms with Crippen molar-refractivity contribution in [2.24, 2.45) is 0 Å². The summed E-state index contributed by atoms with van der Waals surface area (Å²) in [5.74, 6) is 1.62. The fourth-order valence-corrected chi connectivity index (χ4v) is 1.51. The first-order valence-electron chi connectivity index (χ1n) is 6.21. The molecule has 4 heteroatoms. The topological polar surface area (TPSA) is 47.0 Å². The summed E-state index contributed by atoms with van der Waals surface area (Å²) in [5.41, 5.74) is 0.618. The van der Waals surface area contributed by atoms with Crippen LogP contribution in [0.3, 0.4) is 0 Å². The molecule has 0 unspecified atom stereocenters. The van der Waals surface area contributed by atoms with Gasteiger partial charge in [0.2, 0.25) is 0 Å². The van der Waals surface area contributed by atoms with Crippen molar-refractivity contribution in [1.82, 2.24) is 9.97 Å². The summed E-state index contributed by atoms with van der Waals surface area (Å²) in [6.45, 7) is 9.02. The quantitative estimate of drug-likeness (QED) is 0.826. The molecule has 4 nitrogen and oxygen atoms in total. The summed E-state index contributed by atoms with van der Waals surface area (Å²) in [6, 6.07) is 2.02. The largest absolute Gasteiger partial charge is 0.371 e. The highest BCUT2D eigenvalue weighted by Gasteiger charge is 2.24. The van der Waals surface area contributed by atoms with Crippen LogP contribution in [0.1, 0.15) is 45.6 Å². The summed E-state index contributed by atoms with van der Waals surface area (Å²) in [7, 11) is 1.68. The van der Waals surface area contributed by atoms with E-state index in [0.29, 0.717) is 0 Å². The fraction of sp³-hybridized carbons (Fsp3) is 0.692. The van der Waals surface area contributed by atoms with E-state index in [0.717, 1.165) is 36.7 Å². The van der Waals surface area contributed by atoms with Crippen LogP contribution in [-0.2, 0) is 16.8 Å². The van der Waals surface area contributed by atoms with Crippen molar-refractivity contribution in [3.8, 4) is 0 Å². The second-order valence-corrected chi connectivity index (χ2v) is 4.56. The average molecular weight is 237 g/mol. The molecule has 0 spiro atoms. The third kappa shape index (κ3) is 3.66. The number of methoxy groups -OCH3 is 1. The molecule has 96 valence electrons. The Bertz CT molecular complexity index is 339. The van der Waals surface area contributed by atoms with Gasteiger partial charge in [-0.15, -0.1) is 0 Å². The predicted octanol–water partition coefficient (Wildman–Crippen LogP) is 2.74. The van der Waals surface area contributed by atoms with E-state index in [1.54, 1.807) is 7.11 Å². The lowest BCUT2D eigenvalue weighted by atomic mass is 10.1. The minimum Gasteiger partial charge on any atom is -0.371 e. The minimum absolute atomic E-state index is 0.450. The SMILES string of the molecule is CCCc1cc(NCC)nc(C(C)(C)OC)n1. The van der Waals surface area contributed by atoms with Crippen molar-refractivity contribution in [2.45, 2.75) is 46.1 Å². The average Bonchev–Trinajstić information content (AvgIpc) is 2.29. The molecule has 0 aromatic carbocycles. The molecule has 0 fully saturated rings. The van der Waals surface area contributed by atoms with Crippen LogP contribution in [0.5, 0.6) is 0 Å². The molecule has 0 saturated heterocycles. The van der Waals surface area contributed by atoms with E-state index < -0.39 is 5.60 Å². The maximum Gasteiger partial charge on any atom is 0.162 e. The van der Waals surface area contributed by atoms with Gasteiger partial charge in [-0.05, 0) is 27.2 Å². The van der Waals surface area contributed by atoms with Crippen molar-refractivity contribution in [3.05, 3.63) is 17.6 Å². The zero-order valence-electron chi connectivity index (χ0n) is 11.5. The Hall–Kier alpha value is -1.16. The van der Waals surface area contributed by atoms with Crippen LogP contribution in [0.25, 0.3) is 0 Å². The smallest absolute Gasteiger partial charge is 0.162 e. The molecule has 1 rings (SSSR count). The zero-order chi connectivity index (χ0) is 12.9. The van der Waals surface area contributed by atoms with E-state index in [2.05, 4.69) is 29.1 Å². The van der Waals surface area contributed by atoms with Crippen LogP contribution in [0.2, 0.25) is 0 Å². The van der Waals surface area contributed by atoms with E-state index in [-0.39, 0.29) is 0 Å². The molecule has 0 atom stereocenters. The summed E-state index contributed by atoms with van der Waals surface area (Å²) >= 11 is 0. The molecular formula is C13H23N3O. The molecule has 0 aliphatic rings. The minimum atomic E-state index is -0.450. The highest BCUT2D eigenvalue weighted by atomic mass is 16.5. The number of aryl methyl sites for hydroxylation is 1. The van der Waals surface area contributed by atoms with Crippen LogP contribution < -0.4 is 5.32 Å². The molecule has 0 aliphatic carbocycles. The van der Waals surface area contributed by atoms with Crippen LogP contribution in [0.15, 0.2) is 6.07 Å². The molecule has 1 aromatic rings. The van der Waals surface area contributed by atoms with Gasteiger partial charge in [-0.3, -0.25) is 0 Å². The third-order valence-electron chi connectivity index (χ3n) is 2.69. The van der Waals surface area contributed by atoms with E-state index in [1.807, 2.05) is 19.9 Å². The van der Waals surface area contributed by atoms with Gasteiger partial charge >= 0.3 is 0 Å². The highest BCUT2D eigenvalue weighted by Crippen LogP contribution is 2.22. The molecule has 0 aliphatic heterocycles. The summed E-state index contributed by atoms with van der Waals surface area (Å²) in [4.78, 5) is 9.07. The molecule has 0 radical (unpaired) electrons. The Kier molecular flexibility index (Phi) is 4.87. The standard InChI is InChI=1S/C13H23N3O/c1-6-8-10-9-11(14-7-2)16-12(15-10)13(3,4)17-5/h9H,6-8H2,1-5H3,(H,14,15,16). The molecule has 0 bridgehead atoms. The molecule has 1 N–H and O–H groups in total. The van der Waals surface area contributed by atoms with Gasteiger partial charge in [0.25, 0.3) is 0 Å². The number of nitrogens with one attached hydrogen (secondary N) is 1. The van der Waals surface area contributed by atoms with Crippen molar-refractivity contribution in [3.63, 3.8) is 0 Å². The maximum absolute atomic E-state index is 5.44. The molecule has 1 heterocycles. The Morgan fingerprint density at radius 3 is 2.53 bits per heavy atom. The van der Waals surface area contributed by atoms with E-state index in [9.17, 15) is 0 Å². The van der Waals surface area contributed by atoms with Gasteiger partial charge in [-0.2, -0.15) is 0 Å². The lowest BCUT2D eigenvalue weighted by molar-refractivity contribution is 0.0114. The number of ether oxygens (including phenoxy) is 1. The molecule has 0 saturated carbocycles. The van der Waals surface area contributed by atoms with E-state index >= 15 is 0 Å². The fourth-order valence-electron chi connectivity index (χ4n) is 1.51.